The predicted molar refractivity (Wildman–Crippen MR) is 81.4 cm³/mol. The van der Waals surface area contributed by atoms with Crippen LogP contribution in [0.5, 0.6) is 5.75 Å². The van der Waals surface area contributed by atoms with Gasteiger partial charge in [-0.05, 0) is 31.4 Å². The van der Waals surface area contributed by atoms with Gasteiger partial charge in [0, 0.05) is 11.8 Å². The van der Waals surface area contributed by atoms with Gasteiger partial charge in [-0.15, -0.1) is 19.8 Å². The first kappa shape index (κ1) is 19.8. The van der Waals surface area contributed by atoms with Crippen LogP contribution in [0.25, 0.3) is 0 Å². The van der Waals surface area contributed by atoms with Crippen LogP contribution in [-0.2, 0) is 4.79 Å². The second kappa shape index (κ2) is 9.14. The Bertz CT molecular complexity index is 561. The lowest BCUT2D eigenvalue weighted by atomic mass is 10.1. The highest BCUT2D eigenvalue weighted by molar-refractivity contribution is 5.77. The van der Waals surface area contributed by atoms with Crippen molar-refractivity contribution in [2.24, 2.45) is 0 Å². The van der Waals surface area contributed by atoms with Gasteiger partial charge in [0.15, 0.2) is 11.6 Å². The molecule has 8 heteroatoms. The van der Waals surface area contributed by atoms with Gasteiger partial charge < -0.3 is 15.2 Å². The monoisotopic (exact) mass is 349 g/mol. The maximum absolute atomic E-state index is 13.3. The number of nitrogens with one attached hydrogen (secondary N) is 1. The third-order valence-corrected chi connectivity index (χ3v) is 3.20. The number of rotatable bonds is 10. The Balaban J connectivity index is 2.71. The number of benzene rings is 1. The number of aliphatic carboxylic acids is 1. The summed E-state index contributed by atoms with van der Waals surface area (Å²) in [5.74, 6) is -3.34. The molecule has 1 aromatic carbocycles. The molecular weight excluding hydrogens is 330 g/mol. The number of carboxylic acid groups (broad SMARTS) is 1. The zero-order valence-electron chi connectivity index (χ0n) is 12.9. The lowest BCUT2D eigenvalue weighted by Gasteiger charge is -2.17. The number of carbonyl (C=O) groups is 1. The number of ether oxygens (including phenoxy) is 1. The number of carboxylic acids is 1. The molecule has 0 aliphatic rings. The van der Waals surface area contributed by atoms with Gasteiger partial charge in [-0.2, -0.15) is 0 Å². The molecule has 1 aromatic rings. The summed E-state index contributed by atoms with van der Waals surface area (Å²) in [4.78, 5) is 11.2. The van der Waals surface area contributed by atoms with Crippen LogP contribution in [0, 0.1) is 5.82 Å². The molecule has 0 saturated heterocycles. The molecule has 0 spiro atoms. The Morgan fingerprint density at radius 2 is 2.04 bits per heavy atom. The topological polar surface area (TPSA) is 58.6 Å². The Labute approximate surface area is 137 Å². The first-order chi connectivity index (χ1) is 11.2. The SMILES string of the molecule is C=CCCCCCC(Nc1ccc(F)c(OC(F)(F)F)c1)C(=O)O. The number of hydrogen-bond acceptors (Lipinski definition) is 3. The summed E-state index contributed by atoms with van der Waals surface area (Å²) >= 11 is 0. The van der Waals surface area contributed by atoms with Gasteiger partial charge in [0.1, 0.15) is 6.04 Å². The van der Waals surface area contributed by atoms with E-state index >= 15 is 0 Å². The highest BCUT2D eigenvalue weighted by Gasteiger charge is 2.32. The van der Waals surface area contributed by atoms with Gasteiger partial charge in [-0.1, -0.05) is 18.9 Å². The molecule has 0 aromatic heterocycles. The van der Waals surface area contributed by atoms with Crippen LogP contribution in [0.3, 0.4) is 0 Å². The van der Waals surface area contributed by atoms with Crippen molar-refractivity contribution in [3.05, 3.63) is 36.7 Å². The minimum absolute atomic E-state index is 0.0362. The van der Waals surface area contributed by atoms with Gasteiger partial charge in [0.05, 0.1) is 0 Å². The molecule has 134 valence electrons. The van der Waals surface area contributed by atoms with E-state index in [4.69, 9.17) is 0 Å². The van der Waals surface area contributed by atoms with Crippen LogP contribution in [0.4, 0.5) is 23.2 Å². The van der Waals surface area contributed by atoms with E-state index in [0.717, 1.165) is 37.5 Å². The zero-order valence-corrected chi connectivity index (χ0v) is 12.9. The van der Waals surface area contributed by atoms with Crippen molar-refractivity contribution < 1.29 is 32.2 Å². The van der Waals surface area contributed by atoms with E-state index in [2.05, 4.69) is 16.6 Å². The van der Waals surface area contributed by atoms with E-state index in [-0.39, 0.29) is 5.69 Å². The van der Waals surface area contributed by atoms with Crippen LogP contribution in [-0.4, -0.2) is 23.5 Å². The molecule has 0 amide bonds. The number of halogens is 4. The number of hydrogen-bond donors (Lipinski definition) is 2. The number of alkyl halides is 3. The predicted octanol–water partition coefficient (Wildman–Crippen LogP) is 4.73. The van der Waals surface area contributed by atoms with Gasteiger partial charge in [0.25, 0.3) is 0 Å². The molecule has 0 heterocycles. The summed E-state index contributed by atoms with van der Waals surface area (Å²) in [6, 6.07) is 1.74. The highest BCUT2D eigenvalue weighted by Crippen LogP contribution is 2.28. The molecule has 0 radical (unpaired) electrons. The van der Waals surface area contributed by atoms with Crippen molar-refractivity contribution >= 4 is 11.7 Å². The Kier molecular flexibility index (Phi) is 7.54. The second-order valence-corrected chi connectivity index (χ2v) is 5.15. The molecular formula is C16H19F4NO3. The molecule has 1 unspecified atom stereocenters. The van der Waals surface area contributed by atoms with Crippen molar-refractivity contribution in [2.45, 2.75) is 44.5 Å². The molecule has 0 bridgehead atoms. The minimum atomic E-state index is -5.03. The first-order valence-corrected chi connectivity index (χ1v) is 7.38. The molecule has 1 rings (SSSR count). The van der Waals surface area contributed by atoms with E-state index in [1.807, 2.05) is 0 Å². The summed E-state index contributed by atoms with van der Waals surface area (Å²) < 4.78 is 53.5. The fourth-order valence-electron chi connectivity index (χ4n) is 2.07. The first-order valence-electron chi connectivity index (χ1n) is 7.38. The number of anilines is 1. The van der Waals surface area contributed by atoms with Crippen molar-refractivity contribution in [3.8, 4) is 5.75 Å². The molecule has 2 N–H and O–H groups in total. The standard InChI is InChI=1S/C16H19F4NO3/c1-2-3-4-5-6-7-13(15(22)23)21-11-8-9-12(17)14(10-11)24-16(18,19)20/h2,8-10,13,21H,1,3-7H2,(H,22,23). The summed E-state index contributed by atoms with van der Waals surface area (Å²) in [7, 11) is 0. The van der Waals surface area contributed by atoms with Crippen LogP contribution < -0.4 is 10.1 Å². The van der Waals surface area contributed by atoms with E-state index < -0.39 is 29.9 Å². The molecule has 0 fully saturated rings. The van der Waals surface area contributed by atoms with Crippen molar-refractivity contribution in [1.82, 2.24) is 0 Å². The van der Waals surface area contributed by atoms with E-state index in [1.54, 1.807) is 6.08 Å². The van der Waals surface area contributed by atoms with E-state index in [9.17, 15) is 27.5 Å². The smallest absolute Gasteiger partial charge is 0.480 e. The summed E-state index contributed by atoms with van der Waals surface area (Å²) in [6.45, 7) is 3.59. The largest absolute Gasteiger partial charge is 0.573 e. The molecule has 0 aliphatic carbocycles. The van der Waals surface area contributed by atoms with Crippen LogP contribution >= 0.6 is 0 Å². The maximum Gasteiger partial charge on any atom is 0.573 e. The Morgan fingerprint density at radius 1 is 1.33 bits per heavy atom. The second-order valence-electron chi connectivity index (χ2n) is 5.15. The lowest BCUT2D eigenvalue weighted by molar-refractivity contribution is -0.275. The summed E-state index contributed by atoms with van der Waals surface area (Å²) in [6.07, 6.45) is 0.190. The van der Waals surface area contributed by atoms with Gasteiger partial charge in [0.2, 0.25) is 0 Å². The fraction of sp³-hybridized carbons (Fsp3) is 0.438. The third-order valence-electron chi connectivity index (χ3n) is 3.20. The molecule has 1 atom stereocenters. The zero-order chi connectivity index (χ0) is 18.2. The van der Waals surface area contributed by atoms with E-state index in [1.165, 1.54) is 0 Å². The van der Waals surface area contributed by atoms with Gasteiger partial charge in [-0.25, -0.2) is 9.18 Å². The van der Waals surface area contributed by atoms with Gasteiger partial charge in [-0.3, -0.25) is 0 Å². The molecule has 24 heavy (non-hydrogen) atoms. The van der Waals surface area contributed by atoms with Crippen LogP contribution in [0.15, 0.2) is 30.9 Å². The maximum atomic E-state index is 13.3. The highest BCUT2D eigenvalue weighted by atomic mass is 19.4. The normalized spacial score (nSPS) is 12.5. The van der Waals surface area contributed by atoms with Crippen molar-refractivity contribution in [2.75, 3.05) is 5.32 Å². The van der Waals surface area contributed by atoms with Crippen LogP contribution in [0.1, 0.15) is 32.1 Å². The fourth-order valence-corrected chi connectivity index (χ4v) is 2.07. The minimum Gasteiger partial charge on any atom is -0.480 e. The quantitative estimate of drug-likeness (QED) is 0.364. The Morgan fingerprint density at radius 3 is 2.62 bits per heavy atom. The van der Waals surface area contributed by atoms with E-state index in [0.29, 0.717) is 12.8 Å². The van der Waals surface area contributed by atoms with Crippen molar-refractivity contribution in [1.29, 1.82) is 0 Å². The third kappa shape index (κ3) is 7.34. The summed E-state index contributed by atoms with van der Waals surface area (Å²) in [5, 5.41) is 11.8. The molecule has 0 saturated carbocycles. The summed E-state index contributed by atoms with van der Waals surface area (Å²) in [5.41, 5.74) is 0.0362. The molecule has 4 nitrogen and oxygen atoms in total. The Hall–Kier alpha value is -2.25. The van der Waals surface area contributed by atoms with Crippen LogP contribution in [0.2, 0.25) is 0 Å². The average molecular weight is 349 g/mol. The number of unbranched alkanes of at least 4 members (excludes halogenated alkanes) is 3. The lowest BCUT2D eigenvalue weighted by Crippen LogP contribution is -2.29. The van der Waals surface area contributed by atoms with Gasteiger partial charge >= 0.3 is 12.3 Å². The van der Waals surface area contributed by atoms with Crippen molar-refractivity contribution in [3.63, 3.8) is 0 Å². The average Bonchev–Trinajstić information content (AvgIpc) is 2.47. The number of allylic oxidation sites excluding steroid dienone is 1. The molecule has 0 aliphatic heterocycles.